The van der Waals surface area contributed by atoms with Crippen LogP contribution in [0.2, 0.25) is 0 Å². The van der Waals surface area contributed by atoms with Crippen LogP contribution in [-0.2, 0) is 24.9 Å². The summed E-state index contributed by atoms with van der Waals surface area (Å²) in [5.41, 5.74) is 4.18. The van der Waals surface area contributed by atoms with Crippen molar-refractivity contribution in [2.75, 3.05) is 0 Å². The molecule has 0 saturated carbocycles. The lowest BCUT2D eigenvalue weighted by Gasteiger charge is -2.20. The molecule has 0 saturated heterocycles. The molecule has 0 radical (unpaired) electrons. The largest absolute Gasteiger partial charge is 0.332 e. The van der Waals surface area contributed by atoms with Gasteiger partial charge < -0.3 is 4.90 Å². The molecular weight excluding hydrogens is 302 g/mol. The van der Waals surface area contributed by atoms with E-state index in [1.807, 2.05) is 66.3 Å². The lowest BCUT2D eigenvalue weighted by molar-refractivity contribution is -0.133. The number of carbonyl (C=O) groups excluding carboxylic acids is 1. The molecule has 2 aromatic heterocycles. The van der Waals surface area contributed by atoms with Crippen LogP contribution < -0.4 is 0 Å². The summed E-state index contributed by atoms with van der Waals surface area (Å²) in [6, 6.07) is 10.0. The second kappa shape index (κ2) is 5.63. The molecule has 6 nitrogen and oxygen atoms in total. The van der Waals surface area contributed by atoms with Gasteiger partial charge in [-0.1, -0.05) is 18.2 Å². The van der Waals surface area contributed by atoms with E-state index in [0.717, 1.165) is 22.5 Å². The van der Waals surface area contributed by atoms with Crippen molar-refractivity contribution in [2.24, 2.45) is 7.05 Å². The van der Waals surface area contributed by atoms with Crippen LogP contribution in [0.3, 0.4) is 0 Å². The van der Waals surface area contributed by atoms with Gasteiger partial charge in [0, 0.05) is 30.9 Å². The first kappa shape index (κ1) is 14.7. The average molecular weight is 321 g/mol. The highest BCUT2D eigenvalue weighted by molar-refractivity contribution is 5.83. The van der Waals surface area contributed by atoms with E-state index in [4.69, 9.17) is 0 Å². The SMILES string of the molecule is CC(C(=O)N1Cc2cnn(-c3ccccc3)c2C1)c1cnn(C)c1. The fourth-order valence-electron chi connectivity index (χ4n) is 3.18. The highest BCUT2D eigenvalue weighted by Crippen LogP contribution is 2.28. The number of para-hydroxylation sites is 1. The van der Waals surface area contributed by atoms with Gasteiger partial charge in [-0.15, -0.1) is 0 Å². The van der Waals surface area contributed by atoms with Crippen molar-refractivity contribution in [3.8, 4) is 5.69 Å². The Labute approximate surface area is 140 Å². The molecule has 3 aromatic rings. The Kier molecular flexibility index (Phi) is 3.45. The molecule has 1 aliphatic heterocycles. The van der Waals surface area contributed by atoms with Gasteiger partial charge in [-0.3, -0.25) is 9.48 Å². The van der Waals surface area contributed by atoms with Crippen LogP contribution >= 0.6 is 0 Å². The van der Waals surface area contributed by atoms with Crippen LogP contribution in [0.5, 0.6) is 0 Å². The topological polar surface area (TPSA) is 56.0 Å². The van der Waals surface area contributed by atoms with Crippen molar-refractivity contribution in [1.82, 2.24) is 24.5 Å². The Morgan fingerprint density at radius 2 is 1.92 bits per heavy atom. The van der Waals surface area contributed by atoms with Crippen LogP contribution in [0.15, 0.2) is 48.9 Å². The molecule has 0 fully saturated rings. The zero-order valence-corrected chi connectivity index (χ0v) is 13.8. The molecule has 122 valence electrons. The number of hydrogen-bond acceptors (Lipinski definition) is 3. The summed E-state index contributed by atoms with van der Waals surface area (Å²) in [7, 11) is 1.86. The molecule has 0 aliphatic carbocycles. The van der Waals surface area contributed by atoms with E-state index in [1.54, 1.807) is 10.9 Å². The summed E-state index contributed by atoms with van der Waals surface area (Å²) < 4.78 is 3.66. The molecule has 0 spiro atoms. The Morgan fingerprint density at radius 1 is 1.12 bits per heavy atom. The third-order valence-electron chi connectivity index (χ3n) is 4.56. The highest BCUT2D eigenvalue weighted by Gasteiger charge is 2.31. The molecule has 1 aliphatic rings. The lowest BCUT2D eigenvalue weighted by atomic mass is 10.0. The Hall–Kier alpha value is -2.89. The number of hydrogen-bond donors (Lipinski definition) is 0. The second-order valence-electron chi connectivity index (χ2n) is 6.23. The van der Waals surface area contributed by atoms with Gasteiger partial charge in [0.05, 0.1) is 36.2 Å². The summed E-state index contributed by atoms with van der Waals surface area (Å²) in [5, 5.41) is 8.64. The van der Waals surface area contributed by atoms with Gasteiger partial charge in [0.2, 0.25) is 5.91 Å². The molecular formula is C18H19N5O. The summed E-state index contributed by atoms with van der Waals surface area (Å²) in [6.45, 7) is 3.14. The van der Waals surface area contributed by atoms with Gasteiger partial charge >= 0.3 is 0 Å². The van der Waals surface area contributed by atoms with E-state index in [-0.39, 0.29) is 11.8 Å². The van der Waals surface area contributed by atoms with E-state index in [0.29, 0.717) is 13.1 Å². The Bertz CT molecular complexity index is 880. The maximum Gasteiger partial charge on any atom is 0.230 e. The zero-order chi connectivity index (χ0) is 16.7. The molecule has 1 unspecified atom stereocenters. The van der Waals surface area contributed by atoms with E-state index in [2.05, 4.69) is 10.2 Å². The van der Waals surface area contributed by atoms with Crippen LogP contribution in [0, 0.1) is 0 Å². The Balaban J connectivity index is 1.56. The first-order chi connectivity index (χ1) is 11.6. The minimum Gasteiger partial charge on any atom is -0.332 e. The molecule has 1 atom stereocenters. The smallest absolute Gasteiger partial charge is 0.230 e. The molecule has 4 rings (SSSR count). The molecule has 3 heterocycles. The van der Waals surface area contributed by atoms with Crippen molar-refractivity contribution in [3.63, 3.8) is 0 Å². The van der Waals surface area contributed by atoms with Crippen LogP contribution in [-0.4, -0.2) is 30.4 Å². The van der Waals surface area contributed by atoms with Gasteiger partial charge in [-0.2, -0.15) is 10.2 Å². The van der Waals surface area contributed by atoms with Gasteiger partial charge in [-0.25, -0.2) is 4.68 Å². The molecule has 0 N–H and O–H groups in total. The van der Waals surface area contributed by atoms with E-state index < -0.39 is 0 Å². The van der Waals surface area contributed by atoms with Crippen molar-refractivity contribution < 1.29 is 4.79 Å². The van der Waals surface area contributed by atoms with Crippen molar-refractivity contribution in [1.29, 1.82) is 0 Å². The first-order valence-electron chi connectivity index (χ1n) is 8.02. The summed E-state index contributed by atoms with van der Waals surface area (Å²) in [4.78, 5) is 14.7. The fraction of sp³-hybridized carbons (Fsp3) is 0.278. The minimum absolute atomic E-state index is 0.124. The van der Waals surface area contributed by atoms with Gasteiger partial charge in [0.1, 0.15) is 0 Å². The third-order valence-corrected chi connectivity index (χ3v) is 4.56. The standard InChI is InChI=1S/C18H19N5O/c1-13(14-8-19-21(2)10-14)18(24)22-11-15-9-20-23(17(15)12-22)16-6-4-3-5-7-16/h3-10,13H,11-12H2,1-2H3. The summed E-state index contributed by atoms with van der Waals surface area (Å²) in [5.74, 6) is -0.0698. The number of benzene rings is 1. The van der Waals surface area contributed by atoms with Crippen LogP contribution in [0.1, 0.15) is 29.7 Å². The molecule has 1 amide bonds. The lowest BCUT2D eigenvalue weighted by Crippen LogP contribution is -2.30. The van der Waals surface area contributed by atoms with Gasteiger partial charge in [-0.05, 0) is 19.1 Å². The van der Waals surface area contributed by atoms with E-state index >= 15 is 0 Å². The maximum atomic E-state index is 12.8. The number of carbonyl (C=O) groups is 1. The quantitative estimate of drug-likeness (QED) is 0.743. The fourth-order valence-corrected chi connectivity index (χ4v) is 3.18. The van der Waals surface area contributed by atoms with Crippen LogP contribution in [0.25, 0.3) is 5.69 Å². The number of fused-ring (bicyclic) bond motifs is 1. The molecule has 6 heteroatoms. The molecule has 1 aromatic carbocycles. The minimum atomic E-state index is -0.194. The monoisotopic (exact) mass is 321 g/mol. The normalized spacial score (nSPS) is 14.7. The molecule has 0 bridgehead atoms. The second-order valence-corrected chi connectivity index (χ2v) is 6.23. The number of nitrogens with zero attached hydrogens (tertiary/aromatic N) is 5. The average Bonchev–Trinajstić information content (AvgIpc) is 3.29. The van der Waals surface area contributed by atoms with Crippen molar-refractivity contribution in [2.45, 2.75) is 25.9 Å². The van der Waals surface area contributed by atoms with Crippen molar-refractivity contribution >= 4 is 5.91 Å². The predicted octanol–water partition coefficient (Wildman–Crippen LogP) is 2.25. The van der Waals surface area contributed by atoms with Crippen LogP contribution in [0.4, 0.5) is 0 Å². The summed E-state index contributed by atoms with van der Waals surface area (Å²) >= 11 is 0. The number of rotatable bonds is 3. The predicted molar refractivity (Wildman–Crippen MR) is 89.4 cm³/mol. The number of amides is 1. The first-order valence-corrected chi connectivity index (χ1v) is 8.02. The third kappa shape index (κ3) is 2.40. The maximum absolute atomic E-state index is 12.8. The van der Waals surface area contributed by atoms with E-state index in [1.165, 1.54) is 0 Å². The number of aryl methyl sites for hydroxylation is 1. The Morgan fingerprint density at radius 3 is 2.62 bits per heavy atom. The zero-order valence-electron chi connectivity index (χ0n) is 13.8. The van der Waals surface area contributed by atoms with Crippen molar-refractivity contribution in [3.05, 3.63) is 65.7 Å². The highest BCUT2D eigenvalue weighted by atomic mass is 16.2. The van der Waals surface area contributed by atoms with E-state index in [9.17, 15) is 4.79 Å². The molecule has 24 heavy (non-hydrogen) atoms. The summed E-state index contributed by atoms with van der Waals surface area (Å²) in [6.07, 6.45) is 5.53. The van der Waals surface area contributed by atoms with Gasteiger partial charge in [0.25, 0.3) is 0 Å². The van der Waals surface area contributed by atoms with Gasteiger partial charge in [0.15, 0.2) is 0 Å². The number of aromatic nitrogens is 4.